The molecule has 0 heterocycles. The van der Waals surface area contributed by atoms with Crippen molar-refractivity contribution < 1.29 is 9.53 Å². The molecule has 1 aliphatic rings. The molecule has 2 rings (SSSR count). The molecule has 0 radical (unpaired) electrons. The van der Waals surface area contributed by atoms with Gasteiger partial charge in [-0.05, 0) is 29.5 Å². The third kappa shape index (κ3) is 5.12. The number of hydrogen-bond donors (Lipinski definition) is 1. The Morgan fingerprint density at radius 3 is 2.58 bits per heavy atom. The molecule has 24 heavy (non-hydrogen) atoms. The second-order valence-electron chi connectivity index (χ2n) is 6.76. The van der Waals surface area contributed by atoms with E-state index in [1.807, 2.05) is 0 Å². The van der Waals surface area contributed by atoms with Crippen LogP contribution in [-0.4, -0.2) is 19.2 Å². The van der Waals surface area contributed by atoms with Gasteiger partial charge in [0.1, 0.15) is 0 Å². The van der Waals surface area contributed by atoms with E-state index in [1.54, 1.807) is 6.92 Å². The number of alkyl carbamates (subject to hydrolysis) is 1. The molecule has 0 spiro atoms. The van der Waals surface area contributed by atoms with Gasteiger partial charge in [-0.15, -0.1) is 0 Å². The van der Waals surface area contributed by atoms with Gasteiger partial charge in [0.2, 0.25) is 0 Å². The Labute approximate surface area is 145 Å². The van der Waals surface area contributed by atoms with Gasteiger partial charge < -0.3 is 10.1 Å². The molecule has 1 amide bonds. The fourth-order valence-electron chi connectivity index (χ4n) is 2.55. The Hall–Kier alpha value is -2.29. The largest absolute Gasteiger partial charge is 0.450 e. The van der Waals surface area contributed by atoms with Crippen molar-refractivity contribution in [1.82, 2.24) is 5.32 Å². The first-order chi connectivity index (χ1) is 11.4. The zero-order valence-electron chi connectivity index (χ0n) is 15.0. The minimum atomic E-state index is -0.357. The highest BCUT2D eigenvalue weighted by Crippen LogP contribution is 2.27. The second kappa shape index (κ2) is 8.00. The normalized spacial score (nSPS) is 16.9. The molecule has 0 aliphatic heterocycles. The van der Waals surface area contributed by atoms with Crippen LogP contribution in [0, 0.1) is 5.41 Å². The lowest BCUT2D eigenvalue weighted by Crippen LogP contribution is -2.28. The minimum absolute atomic E-state index is 0.0888. The summed E-state index contributed by atoms with van der Waals surface area (Å²) < 4.78 is 4.88. The first-order valence-electron chi connectivity index (χ1n) is 8.51. The van der Waals surface area contributed by atoms with E-state index in [2.05, 4.69) is 80.7 Å². The summed E-state index contributed by atoms with van der Waals surface area (Å²) in [6.07, 6.45) is 10.5. The monoisotopic (exact) mass is 325 g/mol. The highest BCUT2D eigenvalue weighted by atomic mass is 16.5. The lowest BCUT2D eigenvalue weighted by molar-refractivity contribution is 0.151. The Balaban J connectivity index is 2.02. The highest BCUT2D eigenvalue weighted by molar-refractivity contribution is 5.76. The van der Waals surface area contributed by atoms with Gasteiger partial charge in [0.15, 0.2) is 0 Å². The summed E-state index contributed by atoms with van der Waals surface area (Å²) in [7, 11) is 0. The van der Waals surface area contributed by atoms with E-state index in [0.29, 0.717) is 13.2 Å². The van der Waals surface area contributed by atoms with Gasteiger partial charge >= 0.3 is 6.09 Å². The van der Waals surface area contributed by atoms with E-state index in [0.717, 1.165) is 0 Å². The zero-order chi connectivity index (χ0) is 17.6. The van der Waals surface area contributed by atoms with Crippen molar-refractivity contribution in [3.8, 4) is 0 Å². The van der Waals surface area contributed by atoms with Crippen molar-refractivity contribution in [3.63, 3.8) is 0 Å². The molecule has 1 aromatic rings. The van der Waals surface area contributed by atoms with Crippen LogP contribution in [0.1, 0.15) is 44.7 Å². The Morgan fingerprint density at radius 1 is 1.21 bits per heavy atom. The van der Waals surface area contributed by atoms with E-state index < -0.39 is 0 Å². The topological polar surface area (TPSA) is 38.3 Å². The molecule has 0 saturated heterocycles. The number of carbonyl (C=O) groups is 1. The van der Waals surface area contributed by atoms with Crippen molar-refractivity contribution >= 4 is 11.7 Å². The maximum absolute atomic E-state index is 11.4. The highest BCUT2D eigenvalue weighted by Gasteiger charge is 2.12. The number of rotatable bonds is 5. The van der Waals surface area contributed by atoms with Gasteiger partial charge in [0.25, 0.3) is 0 Å². The molecule has 1 aromatic carbocycles. The van der Waals surface area contributed by atoms with Crippen LogP contribution in [0.25, 0.3) is 5.57 Å². The second-order valence-corrected chi connectivity index (χ2v) is 6.76. The Kier molecular flexibility index (Phi) is 6.02. The summed E-state index contributed by atoms with van der Waals surface area (Å²) in [5.41, 5.74) is 3.69. The smallest absolute Gasteiger partial charge is 0.407 e. The van der Waals surface area contributed by atoms with Gasteiger partial charge in [-0.1, -0.05) is 75.4 Å². The number of carbonyl (C=O) groups excluding carboxylic acids is 1. The van der Waals surface area contributed by atoms with E-state index >= 15 is 0 Å². The van der Waals surface area contributed by atoms with Crippen LogP contribution in [0.4, 0.5) is 4.79 Å². The quantitative estimate of drug-likeness (QED) is 0.820. The average molecular weight is 325 g/mol. The predicted octanol–water partition coefficient (Wildman–Crippen LogP) is 5.07. The first-order valence-corrected chi connectivity index (χ1v) is 8.51. The van der Waals surface area contributed by atoms with Crippen LogP contribution in [-0.2, 0) is 4.74 Å². The third-order valence-electron chi connectivity index (χ3n) is 4.14. The molecule has 128 valence electrons. The van der Waals surface area contributed by atoms with Crippen LogP contribution in [0.15, 0.2) is 54.6 Å². The van der Waals surface area contributed by atoms with Crippen molar-refractivity contribution in [2.24, 2.45) is 5.41 Å². The lowest BCUT2D eigenvalue weighted by atomic mass is 9.92. The molecule has 1 aliphatic carbocycles. The number of benzene rings is 1. The van der Waals surface area contributed by atoms with Crippen molar-refractivity contribution in [1.29, 1.82) is 0 Å². The summed E-state index contributed by atoms with van der Waals surface area (Å²) in [6.45, 7) is 9.24. The van der Waals surface area contributed by atoms with Gasteiger partial charge in [-0.3, -0.25) is 0 Å². The van der Waals surface area contributed by atoms with Crippen molar-refractivity contribution in [3.05, 3.63) is 65.8 Å². The number of amides is 1. The number of ether oxygens (including phenoxy) is 1. The predicted molar refractivity (Wildman–Crippen MR) is 99.9 cm³/mol. The van der Waals surface area contributed by atoms with Crippen molar-refractivity contribution in [2.75, 3.05) is 13.2 Å². The molecule has 3 nitrogen and oxygen atoms in total. The number of allylic oxidation sites excluding steroid dienone is 6. The molecule has 0 saturated carbocycles. The SMILES string of the molecule is CCOC(=O)NCC(C)c1ccc(C2=CC=CC(C)(C)C=C2)cc1. The van der Waals surface area contributed by atoms with Crippen molar-refractivity contribution in [2.45, 2.75) is 33.6 Å². The lowest BCUT2D eigenvalue weighted by Gasteiger charge is -2.14. The van der Waals surface area contributed by atoms with Gasteiger partial charge in [-0.2, -0.15) is 0 Å². The molecule has 3 heteroatoms. The summed E-state index contributed by atoms with van der Waals surface area (Å²) in [5.74, 6) is 0.237. The summed E-state index contributed by atoms with van der Waals surface area (Å²) in [6, 6.07) is 8.53. The maximum atomic E-state index is 11.4. The fourth-order valence-corrected chi connectivity index (χ4v) is 2.55. The Bertz CT molecular complexity index is 651. The molecule has 1 unspecified atom stereocenters. The summed E-state index contributed by atoms with van der Waals surface area (Å²) >= 11 is 0. The van der Waals surface area contributed by atoms with Crippen LogP contribution in [0.3, 0.4) is 0 Å². The fraction of sp³-hybridized carbons (Fsp3) is 0.381. The Morgan fingerprint density at radius 2 is 1.92 bits per heavy atom. The number of nitrogens with one attached hydrogen (secondary N) is 1. The van der Waals surface area contributed by atoms with E-state index in [-0.39, 0.29) is 17.4 Å². The maximum Gasteiger partial charge on any atom is 0.407 e. The minimum Gasteiger partial charge on any atom is -0.450 e. The molecule has 1 atom stereocenters. The van der Waals surface area contributed by atoms with E-state index in [9.17, 15) is 4.79 Å². The molecule has 0 bridgehead atoms. The van der Waals surface area contributed by atoms with E-state index in [4.69, 9.17) is 4.74 Å². The van der Waals surface area contributed by atoms with Crippen LogP contribution < -0.4 is 5.32 Å². The van der Waals surface area contributed by atoms with Gasteiger partial charge in [0.05, 0.1) is 6.61 Å². The van der Waals surface area contributed by atoms with Crippen LogP contribution >= 0.6 is 0 Å². The average Bonchev–Trinajstić information content (AvgIpc) is 2.74. The van der Waals surface area contributed by atoms with Gasteiger partial charge in [-0.25, -0.2) is 4.79 Å². The molecule has 0 fully saturated rings. The molecule has 0 aromatic heterocycles. The third-order valence-corrected chi connectivity index (χ3v) is 4.14. The summed E-state index contributed by atoms with van der Waals surface area (Å²) in [5, 5.41) is 2.78. The molecular formula is C21H27NO2. The molecule has 1 N–H and O–H groups in total. The molecular weight excluding hydrogens is 298 g/mol. The van der Waals surface area contributed by atoms with E-state index in [1.165, 1.54) is 16.7 Å². The number of hydrogen-bond acceptors (Lipinski definition) is 2. The van der Waals surface area contributed by atoms with Gasteiger partial charge in [0, 0.05) is 12.0 Å². The zero-order valence-corrected chi connectivity index (χ0v) is 15.0. The standard InChI is InChI=1S/C21H27NO2/c1-5-24-20(23)22-15-16(2)17-8-10-19(11-9-17)18-7-6-13-21(3,4)14-12-18/h6-14,16H,5,15H2,1-4H3,(H,22,23). The van der Waals surface area contributed by atoms with Crippen LogP contribution in [0.5, 0.6) is 0 Å². The van der Waals surface area contributed by atoms with Crippen LogP contribution in [0.2, 0.25) is 0 Å². The summed E-state index contributed by atoms with van der Waals surface area (Å²) in [4.78, 5) is 11.4. The first kappa shape index (κ1) is 18.1.